The van der Waals surface area contributed by atoms with Gasteiger partial charge in [-0.25, -0.2) is 0 Å². The predicted molar refractivity (Wildman–Crippen MR) is 121 cm³/mol. The molecule has 5 nitrogen and oxygen atoms in total. The molecule has 6 heteroatoms. The van der Waals surface area contributed by atoms with E-state index in [9.17, 15) is 9.59 Å². The van der Waals surface area contributed by atoms with Gasteiger partial charge in [0.15, 0.2) is 0 Å². The van der Waals surface area contributed by atoms with Crippen LogP contribution < -0.4 is 15.4 Å². The summed E-state index contributed by atoms with van der Waals surface area (Å²) < 4.78 is 6.62. The van der Waals surface area contributed by atoms with Gasteiger partial charge in [0, 0.05) is 21.3 Å². The average molecular weight is 461 g/mol. The highest BCUT2D eigenvalue weighted by molar-refractivity contribution is 9.10. The molecule has 0 heterocycles. The Morgan fingerprint density at radius 1 is 1.03 bits per heavy atom. The van der Waals surface area contributed by atoms with Crippen molar-refractivity contribution in [1.82, 2.24) is 5.32 Å². The topological polar surface area (TPSA) is 67.4 Å². The molecular formula is C23H29BrN2O3. The molecule has 2 N–H and O–H groups in total. The molecule has 2 amide bonds. The van der Waals surface area contributed by atoms with Gasteiger partial charge in [-0.05, 0) is 75.6 Å². The summed E-state index contributed by atoms with van der Waals surface area (Å²) in [6.45, 7) is 10.6. The fraction of sp³-hybridized carbons (Fsp3) is 0.391. The number of carbonyl (C=O) groups excluding carboxylic acids is 2. The summed E-state index contributed by atoms with van der Waals surface area (Å²) in [7, 11) is 0. The highest BCUT2D eigenvalue weighted by atomic mass is 79.9. The molecule has 0 saturated heterocycles. The van der Waals surface area contributed by atoms with E-state index in [2.05, 4.69) is 40.4 Å². The van der Waals surface area contributed by atoms with Crippen LogP contribution in [0.5, 0.6) is 5.75 Å². The van der Waals surface area contributed by atoms with Crippen molar-refractivity contribution >= 4 is 33.4 Å². The summed E-state index contributed by atoms with van der Waals surface area (Å²) in [6.07, 6.45) is 0.912. The number of halogens is 1. The molecular weight excluding hydrogens is 432 g/mol. The number of hydrogen-bond donors (Lipinski definition) is 2. The third-order valence-electron chi connectivity index (χ3n) is 4.03. The summed E-state index contributed by atoms with van der Waals surface area (Å²) >= 11 is 3.41. The fourth-order valence-electron chi connectivity index (χ4n) is 2.53. The van der Waals surface area contributed by atoms with Gasteiger partial charge in [0.25, 0.3) is 11.8 Å². The maximum absolute atomic E-state index is 12.8. The molecule has 0 radical (unpaired) electrons. The van der Waals surface area contributed by atoms with Gasteiger partial charge in [-0.2, -0.15) is 0 Å². The Labute approximate surface area is 181 Å². The lowest BCUT2D eigenvalue weighted by Crippen LogP contribution is -2.40. The number of carbonyl (C=O) groups is 2. The van der Waals surface area contributed by atoms with Crippen molar-refractivity contribution in [3.8, 4) is 5.75 Å². The zero-order chi connectivity index (χ0) is 21.6. The first kappa shape index (κ1) is 22.9. The van der Waals surface area contributed by atoms with E-state index >= 15 is 0 Å². The third-order valence-corrected chi connectivity index (χ3v) is 4.53. The molecule has 0 atom stereocenters. The third kappa shape index (κ3) is 7.54. The van der Waals surface area contributed by atoms with Crippen LogP contribution in [0.4, 0.5) is 5.69 Å². The van der Waals surface area contributed by atoms with Crippen LogP contribution in [0.1, 0.15) is 61.8 Å². The lowest BCUT2D eigenvalue weighted by molar-refractivity contribution is 0.0919. The minimum Gasteiger partial charge on any atom is -0.493 e. The van der Waals surface area contributed by atoms with Gasteiger partial charge in [0.2, 0.25) is 0 Å². The molecule has 0 aliphatic carbocycles. The highest BCUT2D eigenvalue weighted by Crippen LogP contribution is 2.25. The van der Waals surface area contributed by atoms with Crippen molar-refractivity contribution in [3.05, 3.63) is 58.1 Å². The summed E-state index contributed by atoms with van der Waals surface area (Å²) in [4.78, 5) is 25.0. The van der Waals surface area contributed by atoms with Gasteiger partial charge < -0.3 is 15.4 Å². The van der Waals surface area contributed by atoms with E-state index < -0.39 is 0 Å². The molecule has 0 saturated carbocycles. The lowest BCUT2D eigenvalue weighted by atomic mass is 10.1. The van der Waals surface area contributed by atoms with E-state index in [1.54, 1.807) is 36.4 Å². The molecule has 29 heavy (non-hydrogen) atoms. The highest BCUT2D eigenvalue weighted by Gasteiger charge is 2.16. The van der Waals surface area contributed by atoms with E-state index in [1.807, 2.05) is 26.8 Å². The Balaban J connectivity index is 2.10. The molecule has 0 fully saturated rings. The zero-order valence-electron chi connectivity index (χ0n) is 17.6. The number of anilines is 1. The second-order valence-corrected chi connectivity index (χ2v) is 9.32. The van der Waals surface area contributed by atoms with Crippen molar-refractivity contribution in [3.63, 3.8) is 0 Å². The summed E-state index contributed by atoms with van der Waals surface area (Å²) in [6, 6.07) is 12.2. The first-order valence-corrected chi connectivity index (χ1v) is 10.5. The first-order valence-electron chi connectivity index (χ1n) is 9.71. The van der Waals surface area contributed by atoms with Crippen LogP contribution >= 0.6 is 15.9 Å². The van der Waals surface area contributed by atoms with E-state index in [-0.39, 0.29) is 17.4 Å². The number of amides is 2. The maximum Gasteiger partial charge on any atom is 0.259 e. The largest absolute Gasteiger partial charge is 0.493 e. The smallest absolute Gasteiger partial charge is 0.259 e. The van der Waals surface area contributed by atoms with Crippen molar-refractivity contribution < 1.29 is 14.3 Å². The van der Waals surface area contributed by atoms with Gasteiger partial charge in [-0.3, -0.25) is 9.59 Å². The van der Waals surface area contributed by atoms with Gasteiger partial charge in [0.05, 0.1) is 12.2 Å². The first-order chi connectivity index (χ1) is 13.5. The number of benzene rings is 2. The molecule has 0 aliphatic heterocycles. The number of nitrogens with one attached hydrogen (secondary N) is 2. The SMILES string of the molecule is CC(C)CCOc1ccc(Br)cc1C(=O)Nc1ccc(C(=O)NC(C)(C)C)cc1. The van der Waals surface area contributed by atoms with Crippen molar-refractivity contribution in [2.45, 2.75) is 46.6 Å². The zero-order valence-corrected chi connectivity index (χ0v) is 19.2. The quantitative estimate of drug-likeness (QED) is 0.560. The molecule has 2 rings (SSSR count). The molecule has 0 spiro atoms. The van der Waals surface area contributed by atoms with Gasteiger partial charge in [-0.15, -0.1) is 0 Å². The second kappa shape index (κ2) is 9.92. The minimum atomic E-state index is -0.309. The molecule has 0 bridgehead atoms. The Morgan fingerprint density at radius 3 is 2.28 bits per heavy atom. The van der Waals surface area contributed by atoms with Crippen LogP contribution in [-0.2, 0) is 0 Å². The standard InChI is InChI=1S/C23H29BrN2O3/c1-15(2)12-13-29-20-11-8-17(24)14-19(20)22(28)25-18-9-6-16(7-10-18)21(27)26-23(3,4)5/h6-11,14-15H,12-13H2,1-5H3,(H,25,28)(H,26,27). The average Bonchev–Trinajstić information content (AvgIpc) is 2.61. The molecule has 0 aliphatic rings. The van der Waals surface area contributed by atoms with E-state index in [0.717, 1.165) is 10.9 Å². The molecule has 0 unspecified atom stereocenters. The van der Waals surface area contributed by atoms with E-state index in [0.29, 0.717) is 35.1 Å². The second-order valence-electron chi connectivity index (χ2n) is 8.41. The van der Waals surface area contributed by atoms with E-state index in [4.69, 9.17) is 4.74 Å². The number of ether oxygens (including phenoxy) is 1. The Bertz CT molecular complexity index is 855. The van der Waals surface area contributed by atoms with Crippen molar-refractivity contribution in [1.29, 1.82) is 0 Å². The fourth-order valence-corrected chi connectivity index (χ4v) is 2.89. The predicted octanol–water partition coefficient (Wildman–Crippen LogP) is 5.65. The molecule has 0 aromatic heterocycles. The van der Waals surface area contributed by atoms with Crippen LogP contribution in [0.2, 0.25) is 0 Å². The molecule has 2 aromatic rings. The Hall–Kier alpha value is -2.34. The van der Waals surface area contributed by atoms with Crippen LogP contribution in [0, 0.1) is 5.92 Å². The Kier molecular flexibility index (Phi) is 7.85. The number of rotatable bonds is 7. The lowest BCUT2D eigenvalue weighted by Gasteiger charge is -2.20. The van der Waals surface area contributed by atoms with Crippen LogP contribution in [-0.4, -0.2) is 24.0 Å². The van der Waals surface area contributed by atoms with Gasteiger partial charge in [0.1, 0.15) is 5.75 Å². The van der Waals surface area contributed by atoms with Crippen LogP contribution in [0.25, 0.3) is 0 Å². The summed E-state index contributed by atoms with van der Waals surface area (Å²) in [5.41, 5.74) is 1.29. The van der Waals surface area contributed by atoms with Crippen molar-refractivity contribution in [2.75, 3.05) is 11.9 Å². The monoisotopic (exact) mass is 460 g/mol. The maximum atomic E-state index is 12.8. The minimum absolute atomic E-state index is 0.150. The van der Waals surface area contributed by atoms with Crippen LogP contribution in [0.15, 0.2) is 46.9 Å². The summed E-state index contributed by atoms with van der Waals surface area (Å²) in [5.74, 6) is 0.658. The molecule has 156 valence electrons. The Morgan fingerprint density at radius 2 is 1.69 bits per heavy atom. The van der Waals surface area contributed by atoms with Gasteiger partial charge in [-0.1, -0.05) is 29.8 Å². The normalized spacial score (nSPS) is 11.3. The number of hydrogen-bond acceptors (Lipinski definition) is 3. The van der Waals surface area contributed by atoms with Crippen LogP contribution in [0.3, 0.4) is 0 Å². The molecule has 2 aromatic carbocycles. The summed E-state index contributed by atoms with van der Waals surface area (Å²) in [5, 5.41) is 5.78. The van der Waals surface area contributed by atoms with Gasteiger partial charge >= 0.3 is 0 Å². The van der Waals surface area contributed by atoms with E-state index in [1.165, 1.54) is 0 Å². The van der Waals surface area contributed by atoms with Crippen molar-refractivity contribution in [2.24, 2.45) is 5.92 Å².